The van der Waals surface area contributed by atoms with Crippen LogP contribution in [-0.4, -0.2) is 57.3 Å². The van der Waals surface area contributed by atoms with E-state index in [0.29, 0.717) is 36.8 Å². The number of aryl methyl sites for hydroxylation is 1. The Kier molecular flexibility index (Phi) is 5.44. The normalized spacial score (nSPS) is 21.2. The average molecular weight is 360 g/mol. The topological polar surface area (TPSA) is 86.4 Å². The summed E-state index contributed by atoms with van der Waals surface area (Å²) < 4.78 is 0. The molecular formula is C19H28N4O3. The summed E-state index contributed by atoms with van der Waals surface area (Å²) in [7, 11) is 0. The van der Waals surface area contributed by atoms with E-state index < -0.39 is 0 Å². The zero-order valence-electron chi connectivity index (χ0n) is 15.8. The highest BCUT2D eigenvalue weighted by Crippen LogP contribution is 2.32. The molecular weight excluding hydrogens is 332 g/mol. The van der Waals surface area contributed by atoms with Gasteiger partial charge < -0.3 is 14.8 Å². The lowest BCUT2D eigenvalue weighted by atomic mass is 10.0. The molecule has 2 amide bonds. The fourth-order valence-electron chi connectivity index (χ4n) is 3.50. The first-order valence-corrected chi connectivity index (χ1v) is 9.47. The molecule has 2 heterocycles. The number of aromatic amines is 1. The van der Waals surface area contributed by atoms with Crippen molar-refractivity contribution in [1.82, 2.24) is 19.8 Å². The van der Waals surface area contributed by atoms with Crippen LogP contribution in [0.1, 0.15) is 44.5 Å². The van der Waals surface area contributed by atoms with E-state index in [4.69, 9.17) is 0 Å². The minimum atomic E-state index is -0.271. The second-order valence-corrected chi connectivity index (χ2v) is 7.89. The molecule has 2 fully saturated rings. The van der Waals surface area contributed by atoms with E-state index in [9.17, 15) is 14.4 Å². The Morgan fingerprint density at radius 2 is 2.08 bits per heavy atom. The van der Waals surface area contributed by atoms with Gasteiger partial charge in [0, 0.05) is 37.8 Å². The van der Waals surface area contributed by atoms with Crippen molar-refractivity contribution < 1.29 is 9.59 Å². The number of hydrogen-bond donors (Lipinski definition) is 1. The summed E-state index contributed by atoms with van der Waals surface area (Å²) in [5.41, 5.74) is 0.0969. The number of carbonyl (C=O) groups excluding carboxylic acids is 2. The van der Waals surface area contributed by atoms with Crippen molar-refractivity contribution in [2.75, 3.05) is 19.6 Å². The van der Waals surface area contributed by atoms with Crippen LogP contribution in [0.3, 0.4) is 0 Å². The standard InChI is InChI=1S/C19H28N4O3/c1-12(2)16-11-22(7-6-17(24)23(16)10-14-4-5-14)18(25)8-15-9-20-13(3)21-19(15)26/h9,12,14,16H,4-8,10-11H2,1-3H3,(H,20,21,26). The van der Waals surface area contributed by atoms with Crippen LogP contribution in [0.5, 0.6) is 0 Å². The maximum atomic E-state index is 12.8. The van der Waals surface area contributed by atoms with Gasteiger partial charge in [-0.05, 0) is 31.6 Å². The number of nitrogens with one attached hydrogen (secondary N) is 1. The molecule has 7 nitrogen and oxygen atoms in total. The SMILES string of the molecule is Cc1ncc(CC(=O)N2CCC(=O)N(CC3CC3)C(C(C)C)C2)c(=O)[nH]1. The number of carbonyl (C=O) groups is 2. The van der Waals surface area contributed by atoms with Gasteiger partial charge in [-0.15, -0.1) is 0 Å². The second kappa shape index (κ2) is 7.60. The Labute approximate surface area is 153 Å². The van der Waals surface area contributed by atoms with Crippen LogP contribution in [-0.2, 0) is 16.0 Å². The van der Waals surface area contributed by atoms with Crippen molar-refractivity contribution in [3.63, 3.8) is 0 Å². The number of aromatic nitrogens is 2. The quantitative estimate of drug-likeness (QED) is 0.852. The summed E-state index contributed by atoms with van der Waals surface area (Å²) in [6.07, 6.45) is 4.23. The van der Waals surface area contributed by atoms with E-state index >= 15 is 0 Å². The van der Waals surface area contributed by atoms with Gasteiger partial charge in [0.2, 0.25) is 11.8 Å². The van der Waals surface area contributed by atoms with Crippen LogP contribution in [0.25, 0.3) is 0 Å². The van der Waals surface area contributed by atoms with E-state index in [1.165, 1.54) is 19.0 Å². The molecule has 1 saturated carbocycles. The zero-order chi connectivity index (χ0) is 18.8. The molecule has 0 aromatic carbocycles. The molecule has 0 radical (unpaired) electrons. The van der Waals surface area contributed by atoms with E-state index in [1.54, 1.807) is 11.8 Å². The summed E-state index contributed by atoms with van der Waals surface area (Å²) in [4.78, 5) is 47.9. The first-order chi connectivity index (χ1) is 12.3. The molecule has 142 valence electrons. The first kappa shape index (κ1) is 18.6. The Bertz CT molecular complexity index is 739. The third kappa shape index (κ3) is 4.31. The molecule has 26 heavy (non-hydrogen) atoms. The van der Waals surface area contributed by atoms with Crippen LogP contribution >= 0.6 is 0 Å². The molecule has 7 heteroatoms. The van der Waals surface area contributed by atoms with Gasteiger partial charge in [0.05, 0.1) is 12.5 Å². The lowest BCUT2D eigenvalue weighted by Gasteiger charge is -2.34. The third-order valence-electron chi connectivity index (χ3n) is 5.34. The fourth-order valence-corrected chi connectivity index (χ4v) is 3.50. The molecule has 1 N–H and O–H groups in total. The van der Waals surface area contributed by atoms with Gasteiger partial charge in [-0.1, -0.05) is 13.8 Å². The molecule has 1 unspecified atom stereocenters. The van der Waals surface area contributed by atoms with Crippen molar-refractivity contribution in [3.05, 3.63) is 27.9 Å². The Morgan fingerprint density at radius 3 is 2.69 bits per heavy atom. The summed E-state index contributed by atoms with van der Waals surface area (Å²) in [6, 6.07) is 0.0315. The van der Waals surface area contributed by atoms with Gasteiger partial charge in [-0.3, -0.25) is 14.4 Å². The maximum absolute atomic E-state index is 12.8. The molecule has 1 atom stereocenters. The summed E-state index contributed by atoms with van der Waals surface area (Å²) >= 11 is 0. The van der Waals surface area contributed by atoms with E-state index in [0.717, 1.165) is 6.54 Å². The van der Waals surface area contributed by atoms with Crippen molar-refractivity contribution in [2.24, 2.45) is 11.8 Å². The van der Waals surface area contributed by atoms with Crippen molar-refractivity contribution in [3.8, 4) is 0 Å². The predicted octanol–water partition coefficient (Wildman–Crippen LogP) is 1.12. The van der Waals surface area contributed by atoms with Gasteiger partial charge >= 0.3 is 0 Å². The van der Waals surface area contributed by atoms with Crippen molar-refractivity contribution in [1.29, 1.82) is 0 Å². The van der Waals surface area contributed by atoms with E-state index in [-0.39, 0.29) is 35.8 Å². The monoisotopic (exact) mass is 360 g/mol. The van der Waals surface area contributed by atoms with Gasteiger partial charge in [0.1, 0.15) is 5.82 Å². The molecule has 0 bridgehead atoms. The third-order valence-corrected chi connectivity index (χ3v) is 5.34. The van der Waals surface area contributed by atoms with Crippen LogP contribution in [0.4, 0.5) is 0 Å². The number of rotatable bonds is 5. The number of amides is 2. The minimum Gasteiger partial charge on any atom is -0.340 e. The molecule has 3 rings (SSSR count). The number of hydrogen-bond acceptors (Lipinski definition) is 4. The molecule has 0 spiro atoms. The first-order valence-electron chi connectivity index (χ1n) is 9.47. The molecule has 2 aliphatic rings. The lowest BCUT2D eigenvalue weighted by Crippen LogP contribution is -2.48. The van der Waals surface area contributed by atoms with Crippen LogP contribution in [0, 0.1) is 18.8 Å². The number of nitrogens with zero attached hydrogens (tertiary/aromatic N) is 3. The van der Waals surface area contributed by atoms with E-state index in [1.807, 2.05) is 4.90 Å². The lowest BCUT2D eigenvalue weighted by molar-refractivity contribution is -0.134. The zero-order valence-corrected chi connectivity index (χ0v) is 15.8. The minimum absolute atomic E-state index is 0.0181. The highest BCUT2D eigenvalue weighted by molar-refractivity contribution is 5.81. The molecule has 1 aromatic rings. The van der Waals surface area contributed by atoms with Crippen LogP contribution in [0.2, 0.25) is 0 Å². The Morgan fingerprint density at radius 1 is 1.35 bits per heavy atom. The molecule has 1 aliphatic heterocycles. The second-order valence-electron chi connectivity index (χ2n) is 7.89. The van der Waals surface area contributed by atoms with Crippen molar-refractivity contribution >= 4 is 11.8 Å². The van der Waals surface area contributed by atoms with Crippen LogP contribution in [0.15, 0.2) is 11.0 Å². The predicted molar refractivity (Wildman–Crippen MR) is 97.6 cm³/mol. The summed E-state index contributed by atoms with van der Waals surface area (Å²) in [5, 5.41) is 0. The smallest absolute Gasteiger partial charge is 0.254 e. The van der Waals surface area contributed by atoms with Crippen molar-refractivity contribution in [2.45, 2.75) is 52.5 Å². The number of H-pyrrole nitrogens is 1. The summed E-state index contributed by atoms with van der Waals surface area (Å²) in [6.45, 7) is 7.66. The molecule has 1 aromatic heterocycles. The highest BCUT2D eigenvalue weighted by Gasteiger charge is 2.36. The van der Waals surface area contributed by atoms with Gasteiger partial charge in [0.15, 0.2) is 0 Å². The average Bonchev–Trinajstić information content (AvgIpc) is 3.40. The van der Waals surface area contributed by atoms with Gasteiger partial charge in [0.25, 0.3) is 5.56 Å². The molecule has 1 aliphatic carbocycles. The Balaban J connectivity index is 1.73. The van der Waals surface area contributed by atoms with E-state index in [2.05, 4.69) is 23.8 Å². The van der Waals surface area contributed by atoms with Gasteiger partial charge in [-0.2, -0.15) is 0 Å². The molecule has 1 saturated heterocycles. The van der Waals surface area contributed by atoms with Crippen LogP contribution < -0.4 is 5.56 Å². The largest absolute Gasteiger partial charge is 0.340 e. The Hall–Kier alpha value is -2.18. The summed E-state index contributed by atoms with van der Waals surface area (Å²) in [5.74, 6) is 1.45. The van der Waals surface area contributed by atoms with Gasteiger partial charge in [-0.25, -0.2) is 4.98 Å². The highest BCUT2D eigenvalue weighted by atomic mass is 16.2. The maximum Gasteiger partial charge on any atom is 0.254 e. The fraction of sp³-hybridized carbons (Fsp3) is 0.684.